The third-order valence-electron chi connectivity index (χ3n) is 1.36. The lowest BCUT2D eigenvalue weighted by atomic mass is 10.3. The van der Waals surface area contributed by atoms with Crippen LogP contribution in [0.5, 0.6) is 0 Å². The van der Waals surface area contributed by atoms with E-state index in [0.717, 1.165) is 15.8 Å². The Morgan fingerprint density at radius 1 is 1.27 bits per heavy atom. The maximum absolute atomic E-state index is 4.17. The number of rotatable bonds is 0. The molecule has 1 heterocycles. The number of fused-ring (bicyclic) bond motifs is 1. The lowest BCUT2D eigenvalue weighted by Crippen LogP contribution is -1.63. The van der Waals surface area contributed by atoms with Crippen LogP contribution in [0.4, 0.5) is 0 Å². The molecule has 2 nitrogen and oxygen atoms in total. The number of hydrogen-bond donors (Lipinski definition) is 1. The minimum Gasteiger partial charge on any atom is -0.332 e. The minimum absolute atomic E-state index is 0. The third kappa shape index (κ3) is 1.75. The van der Waals surface area contributed by atoms with Crippen LogP contribution in [0.3, 0.4) is 0 Å². The van der Waals surface area contributed by atoms with Gasteiger partial charge in [0.2, 0.25) is 0 Å². The monoisotopic (exact) mass is 222 g/mol. The van der Waals surface area contributed by atoms with Gasteiger partial charge in [0.05, 0.1) is 11.0 Å². The fourth-order valence-corrected chi connectivity index (χ4v) is 1.33. The zero-order valence-electron chi connectivity index (χ0n) is 5.13. The average molecular weight is 223 g/mol. The topological polar surface area (TPSA) is 28.7 Å². The molecule has 1 aromatic heterocycles. The molecular weight excluding hydrogens is 216 g/mol. The summed E-state index contributed by atoms with van der Waals surface area (Å²) in [5.41, 5.74) is 2.06. The van der Waals surface area contributed by atoms with Gasteiger partial charge in [-0.05, 0) is 28.1 Å². The van der Waals surface area contributed by atoms with Gasteiger partial charge >= 0.3 is 23.1 Å². The summed E-state index contributed by atoms with van der Waals surface area (Å²) in [4.78, 5) is 7.24. The lowest BCUT2D eigenvalue weighted by molar-refractivity contribution is 1.27. The van der Waals surface area contributed by atoms with Crippen molar-refractivity contribution in [2.45, 2.75) is 0 Å². The van der Waals surface area contributed by atoms with Gasteiger partial charge in [0.25, 0.3) is 0 Å². The van der Waals surface area contributed by atoms with E-state index in [4.69, 9.17) is 0 Å². The minimum atomic E-state index is 0. The fourth-order valence-electron chi connectivity index (χ4n) is 0.922. The van der Waals surface area contributed by atoms with Crippen molar-refractivity contribution in [2.75, 3.05) is 0 Å². The van der Waals surface area contributed by atoms with E-state index in [1.807, 2.05) is 24.3 Å². The number of para-hydroxylation sites is 2. The molecule has 0 saturated carbocycles. The average Bonchev–Trinajstić information content (AvgIpc) is 2.27. The first kappa shape index (κ1) is 9.03. The van der Waals surface area contributed by atoms with Gasteiger partial charge < -0.3 is 4.98 Å². The zero-order chi connectivity index (χ0) is 6.97. The van der Waals surface area contributed by atoms with Crippen molar-refractivity contribution in [3.05, 3.63) is 29.0 Å². The summed E-state index contributed by atoms with van der Waals surface area (Å²) >= 11 is 3.26. The van der Waals surface area contributed by atoms with E-state index in [9.17, 15) is 0 Å². The van der Waals surface area contributed by atoms with Crippen molar-refractivity contribution < 1.29 is 0 Å². The Kier molecular flexibility index (Phi) is 2.92. The molecule has 0 aliphatic carbocycles. The van der Waals surface area contributed by atoms with Gasteiger partial charge in [-0.3, -0.25) is 0 Å². The van der Waals surface area contributed by atoms with E-state index in [-0.39, 0.29) is 23.1 Å². The summed E-state index contributed by atoms with van der Waals surface area (Å²) in [6.45, 7) is 0. The van der Waals surface area contributed by atoms with Crippen molar-refractivity contribution in [2.24, 2.45) is 0 Å². The van der Waals surface area contributed by atoms with Crippen molar-refractivity contribution >= 4 is 50.0 Å². The van der Waals surface area contributed by atoms with E-state index >= 15 is 0 Å². The SMILES string of the molecule is Brc1nc2ccccc2[nH]1.[MgH2]. The lowest BCUT2D eigenvalue weighted by Gasteiger charge is -1.81. The van der Waals surface area contributed by atoms with Crippen molar-refractivity contribution in [1.82, 2.24) is 9.97 Å². The molecule has 0 amide bonds. The highest BCUT2D eigenvalue weighted by Gasteiger charge is 1.95. The molecule has 1 aromatic carbocycles. The molecule has 0 saturated heterocycles. The highest BCUT2D eigenvalue weighted by atomic mass is 79.9. The van der Waals surface area contributed by atoms with Crippen LogP contribution in [0.2, 0.25) is 0 Å². The van der Waals surface area contributed by atoms with Gasteiger partial charge in [0.1, 0.15) is 0 Å². The van der Waals surface area contributed by atoms with E-state index in [1.54, 1.807) is 0 Å². The molecular formula is C7H7BrMgN2. The van der Waals surface area contributed by atoms with Gasteiger partial charge in [-0.1, -0.05) is 12.1 Å². The number of nitrogens with one attached hydrogen (secondary N) is 1. The van der Waals surface area contributed by atoms with Crippen LogP contribution in [0, 0.1) is 0 Å². The highest BCUT2D eigenvalue weighted by molar-refractivity contribution is 9.10. The van der Waals surface area contributed by atoms with Gasteiger partial charge in [0, 0.05) is 0 Å². The summed E-state index contributed by atoms with van der Waals surface area (Å²) < 4.78 is 0.786. The molecule has 0 atom stereocenters. The predicted molar refractivity (Wildman–Crippen MR) is 52.3 cm³/mol. The van der Waals surface area contributed by atoms with Crippen molar-refractivity contribution in [3.8, 4) is 0 Å². The summed E-state index contributed by atoms with van der Waals surface area (Å²) in [7, 11) is 0. The number of halogens is 1. The quantitative estimate of drug-likeness (QED) is 0.672. The molecule has 11 heavy (non-hydrogen) atoms. The number of aromatic amines is 1. The molecule has 2 aromatic rings. The van der Waals surface area contributed by atoms with Crippen LogP contribution in [0.25, 0.3) is 11.0 Å². The number of hydrogen-bond acceptors (Lipinski definition) is 1. The molecule has 2 rings (SSSR count). The summed E-state index contributed by atoms with van der Waals surface area (Å²) in [5, 5.41) is 0. The van der Waals surface area contributed by atoms with E-state index in [1.165, 1.54) is 0 Å². The number of imidazole rings is 1. The van der Waals surface area contributed by atoms with Crippen LogP contribution in [0.15, 0.2) is 29.0 Å². The molecule has 0 bridgehead atoms. The second-order valence-electron chi connectivity index (χ2n) is 2.04. The molecule has 0 aliphatic rings. The first-order valence-corrected chi connectivity index (χ1v) is 3.76. The van der Waals surface area contributed by atoms with Gasteiger partial charge in [-0.2, -0.15) is 0 Å². The Bertz CT molecular complexity index is 325. The van der Waals surface area contributed by atoms with Gasteiger partial charge in [-0.25, -0.2) is 4.98 Å². The summed E-state index contributed by atoms with van der Waals surface area (Å²) in [6.07, 6.45) is 0. The third-order valence-corrected chi connectivity index (χ3v) is 1.74. The highest BCUT2D eigenvalue weighted by Crippen LogP contribution is 2.13. The van der Waals surface area contributed by atoms with E-state index in [0.29, 0.717) is 0 Å². The normalized spacial score (nSPS) is 9.55. The Balaban J connectivity index is 0.000000605. The standard InChI is InChI=1S/C7H5BrN2.Mg.2H/c8-7-9-5-3-1-2-4-6(5)10-7;;;/h1-4H,(H,9,10);;;. The molecule has 0 aliphatic heterocycles. The van der Waals surface area contributed by atoms with Crippen LogP contribution < -0.4 is 0 Å². The number of nitrogens with zero attached hydrogens (tertiary/aromatic N) is 1. The Morgan fingerprint density at radius 2 is 2.00 bits per heavy atom. The predicted octanol–water partition coefficient (Wildman–Crippen LogP) is 1.41. The van der Waals surface area contributed by atoms with Crippen LogP contribution >= 0.6 is 15.9 Å². The van der Waals surface area contributed by atoms with Crippen molar-refractivity contribution in [1.29, 1.82) is 0 Å². The first-order valence-electron chi connectivity index (χ1n) is 2.96. The van der Waals surface area contributed by atoms with Crippen LogP contribution in [-0.4, -0.2) is 33.0 Å². The summed E-state index contributed by atoms with van der Waals surface area (Å²) in [5.74, 6) is 0. The number of aromatic nitrogens is 2. The van der Waals surface area contributed by atoms with Gasteiger partial charge in [-0.15, -0.1) is 0 Å². The molecule has 0 fully saturated rings. The maximum Gasteiger partial charge on any atom is 0.316 e. The Morgan fingerprint density at radius 3 is 2.73 bits per heavy atom. The van der Waals surface area contributed by atoms with Crippen molar-refractivity contribution in [3.63, 3.8) is 0 Å². The first-order chi connectivity index (χ1) is 4.86. The molecule has 0 spiro atoms. The van der Waals surface area contributed by atoms with E-state index < -0.39 is 0 Å². The molecule has 54 valence electrons. The molecule has 4 heteroatoms. The second kappa shape index (κ2) is 3.56. The van der Waals surface area contributed by atoms with Gasteiger partial charge in [0.15, 0.2) is 4.73 Å². The summed E-state index contributed by atoms with van der Waals surface area (Å²) in [6, 6.07) is 7.91. The van der Waals surface area contributed by atoms with E-state index in [2.05, 4.69) is 25.9 Å². The Labute approximate surface area is 88.7 Å². The largest absolute Gasteiger partial charge is 0.332 e. The second-order valence-corrected chi connectivity index (χ2v) is 2.80. The number of benzene rings is 1. The Hall–Kier alpha value is -0.0638. The fraction of sp³-hybridized carbons (Fsp3) is 0. The van der Waals surface area contributed by atoms with Crippen LogP contribution in [-0.2, 0) is 0 Å². The molecule has 0 unspecified atom stereocenters. The number of H-pyrrole nitrogens is 1. The smallest absolute Gasteiger partial charge is 0.316 e. The zero-order valence-corrected chi connectivity index (χ0v) is 6.72. The maximum atomic E-state index is 4.17. The molecule has 1 N–H and O–H groups in total. The van der Waals surface area contributed by atoms with Crippen LogP contribution in [0.1, 0.15) is 0 Å². The molecule has 0 radical (unpaired) electrons.